The number of carboxylic acid groups (broad SMARTS) is 1. The summed E-state index contributed by atoms with van der Waals surface area (Å²) in [4.78, 5) is 33.5. The fourth-order valence-electron chi connectivity index (χ4n) is 1.39. The number of nitrogens with one attached hydrogen (secondary N) is 2. The lowest BCUT2D eigenvalue weighted by atomic mass is 9.99. The Labute approximate surface area is 112 Å². The molecule has 0 aliphatic carbocycles. The van der Waals surface area contributed by atoms with E-state index in [4.69, 9.17) is 9.84 Å². The molecule has 1 unspecified atom stereocenters. The third-order valence-electron chi connectivity index (χ3n) is 2.69. The van der Waals surface area contributed by atoms with Gasteiger partial charge < -0.3 is 20.5 Å². The van der Waals surface area contributed by atoms with E-state index in [-0.39, 0.29) is 18.9 Å². The molecule has 0 aromatic heterocycles. The maximum Gasteiger partial charge on any atom is 0.326 e. The predicted molar refractivity (Wildman–Crippen MR) is 68.7 cm³/mol. The lowest BCUT2D eigenvalue weighted by Crippen LogP contribution is -2.49. The SMILES string of the molecule is CCOC(=O)CCNC(=O)N[C@H](C(=O)O)C(C)CC. The van der Waals surface area contributed by atoms with Crippen molar-refractivity contribution in [1.82, 2.24) is 10.6 Å². The van der Waals surface area contributed by atoms with Crippen LogP contribution < -0.4 is 10.6 Å². The number of esters is 1. The minimum absolute atomic E-state index is 0.0579. The summed E-state index contributed by atoms with van der Waals surface area (Å²) in [5.74, 6) is -1.65. The van der Waals surface area contributed by atoms with Gasteiger partial charge in [0, 0.05) is 6.54 Å². The van der Waals surface area contributed by atoms with E-state index in [2.05, 4.69) is 10.6 Å². The van der Waals surface area contributed by atoms with Crippen LogP contribution in [0.2, 0.25) is 0 Å². The van der Waals surface area contributed by atoms with Gasteiger partial charge in [0.15, 0.2) is 0 Å². The molecule has 0 radical (unpaired) electrons. The van der Waals surface area contributed by atoms with Gasteiger partial charge in [-0.2, -0.15) is 0 Å². The van der Waals surface area contributed by atoms with Crippen molar-refractivity contribution < 1.29 is 24.2 Å². The van der Waals surface area contributed by atoms with Crippen LogP contribution in [0.25, 0.3) is 0 Å². The van der Waals surface area contributed by atoms with Gasteiger partial charge in [-0.3, -0.25) is 4.79 Å². The zero-order valence-corrected chi connectivity index (χ0v) is 11.6. The smallest absolute Gasteiger partial charge is 0.326 e. The van der Waals surface area contributed by atoms with Gasteiger partial charge in [-0.1, -0.05) is 20.3 Å². The molecule has 2 amide bonds. The van der Waals surface area contributed by atoms with E-state index < -0.39 is 24.0 Å². The van der Waals surface area contributed by atoms with Gasteiger partial charge in [0.1, 0.15) is 6.04 Å². The summed E-state index contributed by atoms with van der Waals surface area (Å²) >= 11 is 0. The molecule has 0 aromatic rings. The molecule has 0 rings (SSSR count). The van der Waals surface area contributed by atoms with Crippen molar-refractivity contribution in [1.29, 1.82) is 0 Å². The fourth-order valence-corrected chi connectivity index (χ4v) is 1.39. The minimum atomic E-state index is -1.07. The minimum Gasteiger partial charge on any atom is -0.480 e. The van der Waals surface area contributed by atoms with E-state index in [1.165, 1.54) is 0 Å². The highest BCUT2D eigenvalue weighted by molar-refractivity contribution is 5.83. The van der Waals surface area contributed by atoms with Crippen LogP contribution in [0.4, 0.5) is 4.79 Å². The van der Waals surface area contributed by atoms with Gasteiger partial charge in [0.05, 0.1) is 13.0 Å². The van der Waals surface area contributed by atoms with Crippen molar-refractivity contribution in [3.8, 4) is 0 Å². The average molecular weight is 274 g/mol. The lowest BCUT2D eigenvalue weighted by Gasteiger charge is -2.20. The van der Waals surface area contributed by atoms with Crippen LogP contribution in [0, 0.1) is 5.92 Å². The number of hydrogen-bond donors (Lipinski definition) is 3. The quantitative estimate of drug-likeness (QED) is 0.566. The second-order valence-electron chi connectivity index (χ2n) is 4.16. The first kappa shape index (κ1) is 17.2. The van der Waals surface area contributed by atoms with Gasteiger partial charge in [0.25, 0.3) is 0 Å². The molecular weight excluding hydrogens is 252 g/mol. The number of amides is 2. The van der Waals surface area contributed by atoms with Gasteiger partial charge in [-0.05, 0) is 12.8 Å². The summed E-state index contributed by atoms with van der Waals surface area (Å²) in [7, 11) is 0. The maximum atomic E-state index is 11.5. The number of carboxylic acids is 1. The first-order valence-corrected chi connectivity index (χ1v) is 6.35. The van der Waals surface area contributed by atoms with Crippen LogP contribution >= 0.6 is 0 Å². The van der Waals surface area contributed by atoms with E-state index in [9.17, 15) is 14.4 Å². The molecule has 0 fully saturated rings. The van der Waals surface area contributed by atoms with E-state index in [0.29, 0.717) is 13.0 Å². The Hall–Kier alpha value is -1.79. The van der Waals surface area contributed by atoms with Crippen LogP contribution in [0.15, 0.2) is 0 Å². The summed E-state index contributed by atoms with van der Waals surface area (Å²) in [5, 5.41) is 13.8. The van der Waals surface area contributed by atoms with Gasteiger partial charge in [-0.15, -0.1) is 0 Å². The zero-order valence-electron chi connectivity index (χ0n) is 11.6. The van der Waals surface area contributed by atoms with E-state index in [1.807, 2.05) is 6.92 Å². The van der Waals surface area contributed by atoms with Crippen LogP contribution in [0.3, 0.4) is 0 Å². The van der Waals surface area contributed by atoms with Crippen molar-refractivity contribution in [2.75, 3.05) is 13.2 Å². The molecular formula is C12H22N2O5. The van der Waals surface area contributed by atoms with Gasteiger partial charge in [0.2, 0.25) is 0 Å². The molecule has 3 N–H and O–H groups in total. The van der Waals surface area contributed by atoms with Crippen molar-refractivity contribution in [2.45, 2.75) is 39.7 Å². The molecule has 19 heavy (non-hydrogen) atoms. The number of rotatable bonds is 8. The van der Waals surface area contributed by atoms with Gasteiger partial charge in [-0.25, -0.2) is 9.59 Å². The summed E-state index contributed by atoms with van der Waals surface area (Å²) in [6.45, 7) is 5.69. The molecule has 110 valence electrons. The molecule has 0 aliphatic heterocycles. The Balaban J connectivity index is 4.07. The number of carbonyl (C=O) groups is 3. The summed E-state index contributed by atoms with van der Waals surface area (Å²) in [5.41, 5.74) is 0. The largest absolute Gasteiger partial charge is 0.480 e. The van der Waals surface area contributed by atoms with Crippen molar-refractivity contribution in [2.24, 2.45) is 5.92 Å². The van der Waals surface area contributed by atoms with Crippen LogP contribution in [-0.4, -0.2) is 42.3 Å². The van der Waals surface area contributed by atoms with E-state index in [0.717, 1.165) is 0 Å². The van der Waals surface area contributed by atoms with Crippen LogP contribution in [0.1, 0.15) is 33.6 Å². The lowest BCUT2D eigenvalue weighted by molar-refractivity contribution is -0.143. The highest BCUT2D eigenvalue weighted by Gasteiger charge is 2.25. The third-order valence-corrected chi connectivity index (χ3v) is 2.69. The molecule has 0 heterocycles. The number of carbonyl (C=O) groups excluding carboxylic acids is 2. The second-order valence-corrected chi connectivity index (χ2v) is 4.16. The van der Waals surface area contributed by atoms with Crippen molar-refractivity contribution in [3.63, 3.8) is 0 Å². The Morgan fingerprint density at radius 1 is 1.26 bits per heavy atom. The highest BCUT2D eigenvalue weighted by atomic mass is 16.5. The Kier molecular flexibility index (Phi) is 8.32. The molecule has 2 atom stereocenters. The molecule has 0 spiro atoms. The summed E-state index contributed by atoms with van der Waals surface area (Å²) in [6, 6.07) is -1.54. The topological polar surface area (TPSA) is 105 Å². The Morgan fingerprint density at radius 3 is 2.37 bits per heavy atom. The molecule has 0 bridgehead atoms. The predicted octanol–water partition coefficient (Wildman–Crippen LogP) is 0.738. The molecule has 7 nitrogen and oxygen atoms in total. The number of aliphatic carboxylic acids is 1. The number of urea groups is 1. The van der Waals surface area contributed by atoms with Crippen LogP contribution in [0.5, 0.6) is 0 Å². The molecule has 0 saturated carbocycles. The normalized spacial score (nSPS) is 13.2. The molecule has 0 saturated heterocycles. The second kappa shape index (κ2) is 9.18. The van der Waals surface area contributed by atoms with Crippen molar-refractivity contribution >= 4 is 18.0 Å². The monoisotopic (exact) mass is 274 g/mol. The Morgan fingerprint density at radius 2 is 1.89 bits per heavy atom. The summed E-state index contributed by atoms with van der Waals surface area (Å²) < 4.78 is 4.69. The van der Waals surface area contributed by atoms with Crippen LogP contribution in [-0.2, 0) is 14.3 Å². The van der Waals surface area contributed by atoms with Gasteiger partial charge >= 0.3 is 18.0 Å². The highest BCUT2D eigenvalue weighted by Crippen LogP contribution is 2.07. The Bertz CT molecular complexity index is 319. The standard InChI is InChI=1S/C12H22N2O5/c1-4-8(3)10(11(16)17)14-12(18)13-7-6-9(15)19-5-2/h8,10H,4-7H2,1-3H3,(H,16,17)(H2,13,14,18)/t8?,10-/m0/s1. The number of ether oxygens (including phenoxy) is 1. The molecule has 0 aliphatic rings. The summed E-state index contributed by atoms with van der Waals surface area (Å²) in [6.07, 6.45) is 0.697. The van der Waals surface area contributed by atoms with Crippen molar-refractivity contribution in [3.05, 3.63) is 0 Å². The van der Waals surface area contributed by atoms with E-state index >= 15 is 0 Å². The fraction of sp³-hybridized carbons (Fsp3) is 0.750. The average Bonchev–Trinajstić information content (AvgIpc) is 2.35. The first-order valence-electron chi connectivity index (χ1n) is 6.35. The maximum absolute atomic E-state index is 11.5. The first-order chi connectivity index (χ1) is 8.92. The zero-order chi connectivity index (χ0) is 14.8. The third kappa shape index (κ3) is 7.28. The number of hydrogen-bond acceptors (Lipinski definition) is 4. The van der Waals surface area contributed by atoms with E-state index in [1.54, 1.807) is 13.8 Å². The molecule has 0 aromatic carbocycles. The molecule has 7 heteroatoms.